The van der Waals surface area contributed by atoms with E-state index in [1.807, 2.05) is 109 Å². The van der Waals surface area contributed by atoms with Crippen LogP contribution in [-0.4, -0.2) is 90.9 Å². The lowest BCUT2D eigenvalue weighted by Crippen LogP contribution is -2.53. The summed E-state index contributed by atoms with van der Waals surface area (Å²) in [6, 6.07) is 35.5. The second kappa shape index (κ2) is 22.3. The van der Waals surface area contributed by atoms with Gasteiger partial charge in [0.15, 0.2) is 0 Å². The van der Waals surface area contributed by atoms with Gasteiger partial charge in [-0.05, 0) is 56.7 Å². The lowest BCUT2D eigenvalue weighted by Gasteiger charge is -2.42. The van der Waals surface area contributed by atoms with Crippen molar-refractivity contribution in [2.45, 2.75) is 70.7 Å². The number of carbonyl (C=O) groups excluding carboxylic acids is 1. The maximum Gasteiger partial charge on any atom is 0.528 e. The van der Waals surface area contributed by atoms with Crippen molar-refractivity contribution >= 4 is 27.7 Å². The largest absolute Gasteiger partial charge is 0.528 e. The minimum Gasteiger partial charge on any atom is -0.496 e. The van der Waals surface area contributed by atoms with Crippen molar-refractivity contribution < 1.29 is 57.0 Å². The SMILES string of the molecule is COc1ccccc1COCCCOc1ccc(C2[C@@H](OCc3cc(OC)c4ccccc4c3OC)CN(OC(=O)OC(C)(C)C)C[C@H]2OCc2cc(OC)c3ccccc3c2OC)cc1. The van der Waals surface area contributed by atoms with Crippen LogP contribution < -0.4 is 28.4 Å². The van der Waals surface area contributed by atoms with E-state index >= 15 is 0 Å². The summed E-state index contributed by atoms with van der Waals surface area (Å²) in [4.78, 5) is 19.1. The van der Waals surface area contributed by atoms with E-state index in [4.69, 9.17) is 52.2 Å². The van der Waals surface area contributed by atoms with Gasteiger partial charge >= 0.3 is 6.16 Å². The van der Waals surface area contributed by atoms with E-state index in [0.29, 0.717) is 55.0 Å². The normalized spacial score (nSPS) is 16.5. The van der Waals surface area contributed by atoms with Crippen molar-refractivity contribution in [1.29, 1.82) is 0 Å². The fraction of sp³-hybridized carbons (Fsp3) is 0.377. The Kier molecular flexibility index (Phi) is 16.1. The summed E-state index contributed by atoms with van der Waals surface area (Å²) in [6.07, 6.45) is -1.28. The molecular weight excluding hydrogens is 843 g/mol. The molecule has 0 N–H and O–H groups in total. The third kappa shape index (κ3) is 11.6. The maximum absolute atomic E-state index is 13.2. The molecule has 1 heterocycles. The van der Waals surface area contributed by atoms with Crippen LogP contribution in [0, 0.1) is 0 Å². The first-order chi connectivity index (χ1) is 32.0. The van der Waals surface area contributed by atoms with Crippen molar-refractivity contribution in [2.75, 3.05) is 61.9 Å². The number of ether oxygens (including phenoxy) is 10. The molecule has 1 fully saturated rings. The van der Waals surface area contributed by atoms with E-state index in [0.717, 1.165) is 49.5 Å². The number of hydrogen-bond donors (Lipinski definition) is 0. The Labute approximate surface area is 387 Å². The van der Waals surface area contributed by atoms with Gasteiger partial charge in [0.25, 0.3) is 0 Å². The second-order valence-electron chi connectivity index (χ2n) is 16.9. The van der Waals surface area contributed by atoms with Gasteiger partial charge in [0.1, 0.15) is 40.1 Å². The molecule has 0 aromatic heterocycles. The predicted molar refractivity (Wildman–Crippen MR) is 252 cm³/mol. The van der Waals surface area contributed by atoms with E-state index < -0.39 is 24.0 Å². The van der Waals surface area contributed by atoms with E-state index in [-0.39, 0.29) is 32.2 Å². The monoisotopic (exact) mass is 903 g/mol. The maximum atomic E-state index is 13.2. The summed E-state index contributed by atoms with van der Waals surface area (Å²) in [5.74, 6) is 3.90. The van der Waals surface area contributed by atoms with Crippen LogP contribution in [0.3, 0.4) is 0 Å². The van der Waals surface area contributed by atoms with Crippen LogP contribution in [0.1, 0.15) is 55.4 Å². The average Bonchev–Trinajstić information content (AvgIpc) is 3.32. The molecule has 350 valence electrons. The zero-order chi connectivity index (χ0) is 46.6. The molecule has 13 nitrogen and oxygen atoms in total. The summed E-state index contributed by atoms with van der Waals surface area (Å²) in [7, 11) is 8.25. The predicted octanol–water partition coefficient (Wildman–Crippen LogP) is 10.5. The molecule has 0 spiro atoms. The molecule has 6 aromatic rings. The molecule has 0 amide bonds. The number of methoxy groups -OCH3 is 5. The van der Waals surface area contributed by atoms with Crippen molar-refractivity contribution in [3.05, 3.63) is 131 Å². The van der Waals surface area contributed by atoms with Crippen LogP contribution in [0.5, 0.6) is 34.5 Å². The minimum absolute atomic E-state index is 0.147. The average molecular weight is 904 g/mol. The zero-order valence-corrected chi connectivity index (χ0v) is 39.1. The van der Waals surface area contributed by atoms with Crippen LogP contribution in [0.4, 0.5) is 4.79 Å². The van der Waals surface area contributed by atoms with Crippen LogP contribution in [0.25, 0.3) is 21.5 Å². The molecule has 1 saturated heterocycles. The van der Waals surface area contributed by atoms with E-state index in [2.05, 4.69) is 0 Å². The number of nitrogens with zero attached hydrogens (tertiary/aromatic N) is 1. The Hall–Kier alpha value is -6.25. The fourth-order valence-corrected chi connectivity index (χ4v) is 8.44. The molecule has 1 aliphatic heterocycles. The fourth-order valence-electron chi connectivity index (χ4n) is 8.44. The lowest BCUT2D eigenvalue weighted by atomic mass is 9.85. The number of rotatable bonds is 20. The third-order valence-electron chi connectivity index (χ3n) is 11.4. The first kappa shape index (κ1) is 47.7. The third-order valence-corrected chi connectivity index (χ3v) is 11.4. The quantitative estimate of drug-likeness (QED) is 0.0534. The number of piperidine rings is 1. The van der Waals surface area contributed by atoms with Gasteiger partial charge in [0.05, 0.1) is 93.9 Å². The molecule has 0 radical (unpaired) electrons. The van der Waals surface area contributed by atoms with E-state index in [1.165, 1.54) is 0 Å². The highest BCUT2D eigenvalue weighted by molar-refractivity contribution is 5.95. The molecule has 3 atom stereocenters. The molecule has 0 bridgehead atoms. The standard InChI is InChI=1S/C53H61NO12/c1-53(2,3)65-52(55)66-54-30-47(63-33-37-28-45(57-5)40-17-10-12-19-42(40)50(37)59-7)49(48(31-54)64-34-38-29-46(58-6)41-18-11-13-20-43(41)51(38)60-8)35-22-24-39(25-23-35)62-27-15-26-61-32-36-16-9-14-21-44(36)56-4/h9-14,16-25,28-29,47-49H,15,26-27,30-34H2,1-8H3/t47-,48+,49?. The Morgan fingerprint density at radius 3 is 1.61 bits per heavy atom. The summed E-state index contributed by atoms with van der Waals surface area (Å²) in [5.41, 5.74) is 2.75. The molecule has 1 aliphatic rings. The topological polar surface area (TPSA) is 122 Å². The molecule has 6 aromatic carbocycles. The first-order valence-corrected chi connectivity index (χ1v) is 22.1. The zero-order valence-electron chi connectivity index (χ0n) is 39.1. The summed E-state index contributed by atoms with van der Waals surface area (Å²) in [6.45, 7) is 7.53. The molecule has 0 aliphatic carbocycles. The Bertz CT molecular complexity index is 2430. The summed E-state index contributed by atoms with van der Waals surface area (Å²) >= 11 is 0. The van der Waals surface area contributed by atoms with Crippen molar-refractivity contribution in [1.82, 2.24) is 5.06 Å². The molecule has 66 heavy (non-hydrogen) atoms. The van der Waals surface area contributed by atoms with Crippen LogP contribution in [-0.2, 0) is 43.6 Å². The van der Waals surface area contributed by atoms with Gasteiger partial charge in [-0.3, -0.25) is 0 Å². The van der Waals surface area contributed by atoms with Crippen LogP contribution in [0.15, 0.2) is 109 Å². The van der Waals surface area contributed by atoms with Gasteiger partial charge in [-0.1, -0.05) is 78.9 Å². The minimum atomic E-state index is -0.827. The highest BCUT2D eigenvalue weighted by atomic mass is 16.8. The van der Waals surface area contributed by atoms with Gasteiger partial charge in [-0.15, -0.1) is 5.06 Å². The lowest BCUT2D eigenvalue weighted by molar-refractivity contribution is -0.209. The molecule has 0 saturated carbocycles. The molecule has 13 heteroatoms. The number of hydrogen-bond acceptors (Lipinski definition) is 13. The van der Waals surface area contributed by atoms with Crippen LogP contribution in [0.2, 0.25) is 0 Å². The van der Waals surface area contributed by atoms with E-state index in [1.54, 1.807) is 61.4 Å². The number of hydroxylamine groups is 2. The van der Waals surface area contributed by atoms with Crippen LogP contribution >= 0.6 is 0 Å². The Morgan fingerprint density at radius 1 is 0.576 bits per heavy atom. The molecule has 7 rings (SSSR count). The second-order valence-corrected chi connectivity index (χ2v) is 16.9. The highest BCUT2D eigenvalue weighted by Crippen LogP contribution is 2.41. The Morgan fingerprint density at radius 2 is 1.09 bits per heavy atom. The molecule has 1 unspecified atom stereocenters. The van der Waals surface area contributed by atoms with E-state index in [9.17, 15) is 4.79 Å². The number of para-hydroxylation sites is 1. The smallest absolute Gasteiger partial charge is 0.496 e. The van der Waals surface area contributed by atoms with Gasteiger partial charge in [-0.25, -0.2) is 4.79 Å². The van der Waals surface area contributed by atoms with Crippen molar-refractivity contribution in [3.8, 4) is 34.5 Å². The summed E-state index contributed by atoms with van der Waals surface area (Å²) in [5, 5.41) is 5.19. The number of benzene rings is 6. The van der Waals surface area contributed by atoms with Gasteiger partial charge in [-0.2, -0.15) is 0 Å². The van der Waals surface area contributed by atoms with Gasteiger partial charge in [0, 0.05) is 50.6 Å². The van der Waals surface area contributed by atoms with Gasteiger partial charge < -0.3 is 52.2 Å². The summed E-state index contributed by atoms with van der Waals surface area (Å²) < 4.78 is 60.7. The van der Waals surface area contributed by atoms with Crippen molar-refractivity contribution in [2.24, 2.45) is 0 Å². The van der Waals surface area contributed by atoms with Gasteiger partial charge in [0.2, 0.25) is 0 Å². The first-order valence-electron chi connectivity index (χ1n) is 22.1. The molecular formula is C53H61NO12. The number of carbonyl (C=O) groups is 1. The highest BCUT2D eigenvalue weighted by Gasteiger charge is 2.42. The van der Waals surface area contributed by atoms with Crippen molar-refractivity contribution in [3.63, 3.8) is 0 Å². The Balaban J connectivity index is 1.17. The number of fused-ring (bicyclic) bond motifs is 2.